The number of fused-ring (bicyclic) bond motifs is 1. The molecule has 3 aromatic rings. The van der Waals surface area contributed by atoms with Crippen LogP contribution in [0, 0.1) is 6.92 Å². The lowest BCUT2D eigenvalue weighted by atomic mass is 10.1. The number of nitrogens with one attached hydrogen (secondary N) is 1. The first-order valence-electron chi connectivity index (χ1n) is 9.54. The minimum absolute atomic E-state index is 0.350. The van der Waals surface area contributed by atoms with Gasteiger partial charge in [0.25, 0.3) is 0 Å². The van der Waals surface area contributed by atoms with Crippen molar-refractivity contribution in [2.45, 2.75) is 45.5 Å². The second-order valence-corrected chi connectivity index (χ2v) is 6.96. The molecule has 0 spiro atoms. The summed E-state index contributed by atoms with van der Waals surface area (Å²) < 4.78 is 13.4. The first-order chi connectivity index (χ1) is 13.7. The van der Waals surface area contributed by atoms with Gasteiger partial charge in [0.1, 0.15) is 29.8 Å². The molecule has 0 bridgehead atoms. The summed E-state index contributed by atoms with van der Waals surface area (Å²) in [5, 5.41) is 8.12. The summed E-state index contributed by atoms with van der Waals surface area (Å²) in [4.78, 5) is 8.79. The van der Waals surface area contributed by atoms with E-state index in [9.17, 15) is 0 Å². The number of aromatic nitrogens is 4. The number of methoxy groups -OCH3 is 1. The molecule has 2 aromatic heterocycles. The van der Waals surface area contributed by atoms with Crippen LogP contribution in [0.4, 0.5) is 0 Å². The molecule has 0 saturated heterocycles. The monoisotopic (exact) mass is 379 g/mol. The maximum Gasteiger partial charge on any atom is 0.147 e. The Bertz CT molecular complexity index is 926. The fraction of sp³-hybridized carbons (Fsp3) is 0.381. The van der Waals surface area contributed by atoms with Gasteiger partial charge in [0.05, 0.1) is 19.3 Å². The van der Waals surface area contributed by atoms with E-state index in [-0.39, 0.29) is 0 Å². The van der Waals surface area contributed by atoms with Gasteiger partial charge >= 0.3 is 0 Å². The van der Waals surface area contributed by atoms with Crippen LogP contribution < -0.4 is 14.8 Å². The van der Waals surface area contributed by atoms with Gasteiger partial charge in [-0.3, -0.25) is 4.98 Å². The summed E-state index contributed by atoms with van der Waals surface area (Å²) >= 11 is 0. The molecule has 0 amide bonds. The lowest BCUT2D eigenvalue weighted by molar-refractivity contribution is 0.294. The number of hydrogen-bond acceptors (Lipinski definition) is 6. The van der Waals surface area contributed by atoms with Crippen LogP contribution in [0.15, 0.2) is 42.6 Å². The lowest BCUT2D eigenvalue weighted by Gasteiger charge is -2.24. The van der Waals surface area contributed by atoms with Crippen LogP contribution in [-0.4, -0.2) is 32.9 Å². The van der Waals surface area contributed by atoms with E-state index in [1.165, 1.54) is 0 Å². The Morgan fingerprint density at radius 1 is 1.25 bits per heavy atom. The molecule has 146 valence electrons. The van der Waals surface area contributed by atoms with E-state index in [1.807, 2.05) is 48.0 Å². The molecule has 1 unspecified atom stereocenters. The van der Waals surface area contributed by atoms with Crippen molar-refractivity contribution in [3.8, 4) is 11.5 Å². The predicted molar refractivity (Wildman–Crippen MR) is 105 cm³/mol. The average molecular weight is 379 g/mol. The fourth-order valence-electron chi connectivity index (χ4n) is 3.45. The molecule has 1 atom stereocenters. The minimum atomic E-state index is 0.350. The minimum Gasteiger partial charge on any atom is -0.497 e. The number of aryl methyl sites for hydroxylation is 2. The van der Waals surface area contributed by atoms with Crippen LogP contribution in [0.1, 0.15) is 29.3 Å². The Hall–Kier alpha value is -2.93. The smallest absolute Gasteiger partial charge is 0.147 e. The van der Waals surface area contributed by atoms with Crippen LogP contribution in [0.25, 0.3) is 0 Å². The van der Waals surface area contributed by atoms with Crippen LogP contribution in [-0.2, 0) is 26.1 Å². The summed E-state index contributed by atoms with van der Waals surface area (Å²) in [6, 6.07) is 12.1. The zero-order valence-corrected chi connectivity index (χ0v) is 16.3. The Morgan fingerprint density at radius 2 is 2.18 bits per heavy atom. The van der Waals surface area contributed by atoms with Gasteiger partial charge in [0, 0.05) is 30.8 Å². The molecule has 7 heteroatoms. The summed E-state index contributed by atoms with van der Waals surface area (Å²) in [7, 11) is 1.68. The van der Waals surface area contributed by atoms with Crippen molar-refractivity contribution in [2.24, 2.45) is 0 Å². The van der Waals surface area contributed by atoms with Gasteiger partial charge in [-0.05, 0) is 43.7 Å². The SMILES string of the molecule is COc1ccc(OCc2ccccn2)c(CNC2CCc3nc(C)nn3C2)c1. The van der Waals surface area contributed by atoms with Gasteiger partial charge in [-0.1, -0.05) is 6.07 Å². The van der Waals surface area contributed by atoms with Crippen molar-refractivity contribution in [2.75, 3.05) is 7.11 Å². The van der Waals surface area contributed by atoms with Crippen LogP contribution in [0.3, 0.4) is 0 Å². The highest BCUT2D eigenvalue weighted by Gasteiger charge is 2.21. The molecule has 3 heterocycles. The molecule has 0 saturated carbocycles. The summed E-state index contributed by atoms with van der Waals surface area (Å²) in [6.45, 7) is 3.91. The topological polar surface area (TPSA) is 74.1 Å². The number of rotatable bonds is 7. The molecule has 1 aromatic carbocycles. The van der Waals surface area contributed by atoms with Gasteiger partial charge in [-0.2, -0.15) is 5.10 Å². The summed E-state index contributed by atoms with van der Waals surface area (Å²) in [6.07, 6.45) is 3.77. The van der Waals surface area contributed by atoms with Gasteiger partial charge in [0.15, 0.2) is 0 Å². The van der Waals surface area contributed by atoms with E-state index in [0.717, 1.165) is 53.8 Å². The number of nitrogens with zero attached hydrogens (tertiary/aromatic N) is 4. The third kappa shape index (κ3) is 4.31. The predicted octanol–water partition coefficient (Wildman–Crippen LogP) is 2.67. The van der Waals surface area contributed by atoms with Crippen LogP contribution in [0.2, 0.25) is 0 Å². The van der Waals surface area contributed by atoms with Crippen LogP contribution >= 0.6 is 0 Å². The molecule has 28 heavy (non-hydrogen) atoms. The third-order valence-corrected chi connectivity index (χ3v) is 4.91. The normalized spacial score (nSPS) is 15.9. The van der Waals surface area contributed by atoms with Gasteiger partial charge in [-0.25, -0.2) is 9.67 Å². The van der Waals surface area contributed by atoms with Gasteiger partial charge in [0.2, 0.25) is 0 Å². The van der Waals surface area contributed by atoms with Crippen molar-refractivity contribution in [3.05, 3.63) is 65.5 Å². The summed E-state index contributed by atoms with van der Waals surface area (Å²) in [5.74, 6) is 3.58. The molecule has 1 N–H and O–H groups in total. The summed E-state index contributed by atoms with van der Waals surface area (Å²) in [5.41, 5.74) is 1.97. The first-order valence-corrected chi connectivity index (χ1v) is 9.54. The van der Waals surface area contributed by atoms with Crippen molar-refractivity contribution in [1.82, 2.24) is 25.1 Å². The van der Waals surface area contributed by atoms with E-state index >= 15 is 0 Å². The van der Waals surface area contributed by atoms with Gasteiger partial charge < -0.3 is 14.8 Å². The third-order valence-electron chi connectivity index (χ3n) is 4.91. The van der Waals surface area contributed by atoms with E-state index in [4.69, 9.17) is 9.47 Å². The number of hydrogen-bond donors (Lipinski definition) is 1. The largest absolute Gasteiger partial charge is 0.497 e. The van der Waals surface area contributed by atoms with Crippen LogP contribution in [0.5, 0.6) is 11.5 Å². The Kier molecular flexibility index (Phi) is 5.53. The molecule has 1 aliphatic heterocycles. The highest BCUT2D eigenvalue weighted by atomic mass is 16.5. The van der Waals surface area contributed by atoms with E-state index in [0.29, 0.717) is 19.2 Å². The maximum absolute atomic E-state index is 6.04. The Balaban J connectivity index is 1.42. The standard InChI is InChI=1S/C21H25N5O2/c1-15-24-21-9-6-17(13-26(21)25-15)23-12-16-11-19(27-2)7-8-20(16)28-14-18-5-3-4-10-22-18/h3-5,7-8,10-11,17,23H,6,9,12-14H2,1-2H3. The van der Waals surface area contributed by atoms with Crippen molar-refractivity contribution in [3.63, 3.8) is 0 Å². The average Bonchev–Trinajstić information content (AvgIpc) is 3.11. The molecular formula is C21H25N5O2. The Labute approximate surface area is 164 Å². The van der Waals surface area contributed by atoms with Crippen molar-refractivity contribution >= 4 is 0 Å². The van der Waals surface area contributed by atoms with Crippen molar-refractivity contribution < 1.29 is 9.47 Å². The zero-order valence-electron chi connectivity index (χ0n) is 16.3. The molecule has 0 fully saturated rings. The second kappa shape index (κ2) is 8.39. The molecule has 7 nitrogen and oxygen atoms in total. The second-order valence-electron chi connectivity index (χ2n) is 6.96. The van der Waals surface area contributed by atoms with E-state index < -0.39 is 0 Å². The molecule has 1 aliphatic rings. The highest BCUT2D eigenvalue weighted by molar-refractivity contribution is 5.40. The highest BCUT2D eigenvalue weighted by Crippen LogP contribution is 2.25. The maximum atomic E-state index is 6.04. The van der Waals surface area contributed by atoms with E-state index in [2.05, 4.69) is 20.4 Å². The molecule has 0 radical (unpaired) electrons. The quantitative estimate of drug-likeness (QED) is 0.680. The van der Waals surface area contributed by atoms with Gasteiger partial charge in [-0.15, -0.1) is 0 Å². The molecule has 0 aliphatic carbocycles. The zero-order chi connectivity index (χ0) is 19.3. The Morgan fingerprint density at radius 3 is 3.00 bits per heavy atom. The molecule has 4 rings (SSSR count). The molecular weight excluding hydrogens is 354 g/mol. The van der Waals surface area contributed by atoms with Crippen molar-refractivity contribution in [1.29, 1.82) is 0 Å². The number of ether oxygens (including phenoxy) is 2. The number of benzene rings is 1. The lowest BCUT2D eigenvalue weighted by Crippen LogP contribution is -2.37. The fourth-order valence-corrected chi connectivity index (χ4v) is 3.45. The first kappa shape index (κ1) is 18.4. The van der Waals surface area contributed by atoms with E-state index in [1.54, 1.807) is 13.3 Å². The number of pyridine rings is 1.